The Labute approximate surface area is 126 Å². The highest BCUT2D eigenvalue weighted by molar-refractivity contribution is 5.28. The molecule has 112 valence electrons. The summed E-state index contributed by atoms with van der Waals surface area (Å²) in [6.07, 6.45) is 0. The molecule has 0 radical (unpaired) electrons. The van der Waals surface area contributed by atoms with Crippen LogP contribution >= 0.6 is 0 Å². The van der Waals surface area contributed by atoms with Gasteiger partial charge in [-0.15, -0.1) is 0 Å². The average Bonchev–Trinajstić information content (AvgIpc) is 2.46. The number of hydrogen-bond donors (Lipinski definition) is 1. The molecule has 0 aliphatic carbocycles. The number of nitrogens with one attached hydrogen (secondary N) is 1. The van der Waals surface area contributed by atoms with Crippen LogP contribution in [-0.4, -0.2) is 6.04 Å². The maximum absolute atomic E-state index is 13.8. The van der Waals surface area contributed by atoms with E-state index in [4.69, 9.17) is 4.74 Å². The molecule has 0 bridgehead atoms. The van der Waals surface area contributed by atoms with Crippen molar-refractivity contribution in [3.05, 3.63) is 65.0 Å². The number of aryl methyl sites for hydroxylation is 1. The Bertz CT molecular complexity index is 578. The van der Waals surface area contributed by atoms with E-state index < -0.39 is 0 Å². The minimum absolute atomic E-state index is 0.226. The third kappa shape index (κ3) is 4.87. The lowest BCUT2D eigenvalue weighted by Crippen LogP contribution is -2.21. The fraction of sp³-hybridized carbons (Fsp3) is 0.333. The fourth-order valence-corrected chi connectivity index (χ4v) is 1.97. The third-order valence-corrected chi connectivity index (χ3v) is 3.24. The van der Waals surface area contributed by atoms with Crippen molar-refractivity contribution in [1.29, 1.82) is 0 Å². The first-order valence-electron chi connectivity index (χ1n) is 7.25. The van der Waals surface area contributed by atoms with E-state index in [-0.39, 0.29) is 12.4 Å². The Hall–Kier alpha value is -1.87. The SMILES string of the molecule is Cc1ccc(OCc2cc(CNC(C)C)ccc2F)cc1. The lowest BCUT2D eigenvalue weighted by Gasteiger charge is -2.11. The summed E-state index contributed by atoms with van der Waals surface area (Å²) in [5, 5.41) is 3.33. The van der Waals surface area contributed by atoms with E-state index in [1.54, 1.807) is 6.07 Å². The second kappa shape index (κ2) is 7.23. The monoisotopic (exact) mass is 287 g/mol. The summed E-state index contributed by atoms with van der Waals surface area (Å²) in [5.74, 6) is 0.529. The predicted octanol–water partition coefficient (Wildman–Crippen LogP) is 4.21. The van der Waals surface area contributed by atoms with Crippen molar-refractivity contribution >= 4 is 0 Å². The van der Waals surface area contributed by atoms with Gasteiger partial charge in [-0.05, 0) is 36.8 Å². The van der Waals surface area contributed by atoms with Crippen LogP contribution in [0.15, 0.2) is 42.5 Å². The van der Waals surface area contributed by atoms with E-state index >= 15 is 0 Å². The minimum Gasteiger partial charge on any atom is -0.489 e. The van der Waals surface area contributed by atoms with Crippen LogP contribution in [0, 0.1) is 12.7 Å². The van der Waals surface area contributed by atoms with Crippen molar-refractivity contribution in [3.8, 4) is 5.75 Å². The van der Waals surface area contributed by atoms with Crippen LogP contribution in [-0.2, 0) is 13.2 Å². The van der Waals surface area contributed by atoms with Gasteiger partial charge in [-0.2, -0.15) is 0 Å². The molecule has 2 rings (SSSR count). The van der Waals surface area contributed by atoms with Gasteiger partial charge < -0.3 is 10.1 Å². The van der Waals surface area contributed by atoms with E-state index in [1.807, 2.05) is 37.3 Å². The van der Waals surface area contributed by atoms with Crippen molar-refractivity contribution in [3.63, 3.8) is 0 Å². The van der Waals surface area contributed by atoms with Crippen molar-refractivity contribution < 1.29 is 9.13 Å². The number of hydrogen-bond acceptors (Lipinski definition) is 2. The molecule has 0 spiro atoms. The Balaban J connectivity index is 2.01. The zero-order valence-electron chi connectivity index (χ0n) is 12.8. The third-order valence-electron chi connectivity index (χ3n) is 3.24. The normalized spacial score (nSPS) is 10.9. The molecular formula is C18H22FNO. The van der Waals surface area contributed by atoms with Gasteiger partial charge in [0.25, 0.3) is 0 Å². The molecule has 0 aliphatic rings. The molecule has 2 aromatic rings. The highest BCUT2D eigenvalue weighted by atomic mass is 19.1. The highest BCUT2D eigenvalue weighted by Gasteiger charge is 2.05. The Kier molecular flexibility index (Phi) is 5.34. The van der Waals surface area contributed by atoms with E-state index in [9.17, 15) is 4.39 Å². The highest BCUT2D eigenvalue weighted by Crippen LogP contribution is 2.16. The van der Waals surface area contributed by atoms with Crippen molar-refractivity contribution in [2.75, 3.05) is 0 Å². The second-order valence-corrected chi connectivity index (χ2v) is 5.56. The van der Waals surface area contributed by atoms with Gasteiger partial charge in [-0.25, -0.2) is 4.39 Å². The Morgan fingerprint density at radius 1 is 1.10 bits per heavy atom. The van der Waals surface area contributed by atoms with E-state index in [0.29, 0.717) is 11.6 Å². The zero-order valence-corrected chi connectivity index (χ0v) is 12.8. The average molecular weight is 287 g/mol. The Morgan fingerprint density at radius 3 is 2.48 bits per heavy atom. The summed E-state index contributed by atoms with van der Waals surface area (Å²) in [7, 11) is 0. The molecule has 0 aromatic heterocycles. The largest absolute Gasteiger partial charge is 0.489 e. The molecule has 0 saturated heterocycles. The molecule has 0 amide bonds. The van der Waals surface area contributed by atoms with Gasteiger partial charge in [0.2, 0.25) is 0 Å². The molecule has 21 heavy (non-hydrogen) atoms. The van der Waals surface area contributed by atoms with Crippen molar-refractivity contribution in [1.82, 2.24) is 5.32 Å². The van der Waals surface area contributed by atoms with Crippen LogP contribution in [0.1, 0.15) is 30.5 Å². The molecule has 2 aromatic carbocycles. The molecule has 0 saturated carbocycles. The van der Waals surface area contributed by atoms with Gasteiger partial charge in [-0.3, -0.25) is 0 Å². The lowest BCUT2D eigenvalue weighted by molar-refractivity contribution is 0.299. The molecule has 0 fully saturated rings. The summed E-state index contributed by atoms with van der Waals surface area (Å²) in [5.41, 5.74) is 2.82. The van der Waals surface area contributed by atoms with Gasteiger partial charge in [0.15, 0.2) is 0 Å². The van der Waals surface area contributed by atoms with Gasteiger partial charge in [0.05, 0.1) is 0 Å². The van der Waals surface area contributed by atoms with E-state index in [2.05, 4.69) is 19.2 Å². The van der Waals surface area contributed by atoms with Crippen LogP contribution in [0.3, 0.4) is 0 Å². The van der Waals surface area contributed by atoms with E-state index in [1.165, 1.54) is 11.6 Å². The van der Waals surface area contributed by atoms with Crippen LogP contribution in [0.2, 0.25) is 0 Å². The summed E-state index contributed by atoms with van der Waals surface area (Å²) < 4.78 is 19.5. The molecule has 0 heterocycles. The Morgan fingerprint density at radius 2 is 1.81 bits per heavy atom. The van der Waals surface area contributed by atoms with Crippen LogP contribution in [0.25, 0.3) is 0 Å². The smallest absolute Gasteiger partial charge is 0.129 e. The maximum Gasteiger partial charge on any atom is 0.129 e. The van der Waals surface area contributed by atoms with Gasteiger partial charge in [-0.1, -0.05) is 37.6 Å². The fourth-order valence-electron chi connectivity index (χ4n) is 1.97. The van der Waals surface area contributed by atoms with Crippen LogP contribution < -0.4 is 10.1 Å². The van der Waals surface area contributed by atoms with Crippen molar-refractivity contribution in [2.24, 2.45) is 0 Å². The molecule has 2 nitrogen and oxygen atoms in total. The molecular weight excluding hydrogens is 265 g/mol. The number of halogens is 1. The van der Waals surface area contributed by atoms with Crippen LogP contribution in [0.4, 0.5) is 4.39 Å². The topological polar surface area (TPSA) is 21.3 Å². The first-order chi connectivity index (χ1) is 10.0. The van der Waals surface area contributed by atoms with Crippen LogP contribution in [0.5, 0.6) is 5.75 Å². The van der Waals surface area contributed by atoms with Gasteiger partial charge in [0.1, 0.15) is 18.2 Å². The zero-order chi connectivity index (χ0) is 15.2. The molecule has 1 N–H and O–H groups in total. The summed E-state index contributed by atoms with van der Waals surface area (Å²) >= 11 is 0. The number of ether oxygens (including phenoxy) is 1. The maximum atomic E-state index is 13.8. The minimum atomic E-state index is -0.226. The molecule has 0 atom stereocenters. The lowest BCUT2D eigenvalue weighted by atomic mass is 10.1. The summed E-state index contributed by atoms with van der Waals surface area (Å²) in [6.45, 7) is 7.17. The van der Waals surface area contributed by atoms with Gasteiger partial charge >= 0.3 is 0 Å². The number of benzene rings is 2. The summed E-state index contributed by atoms with van der Waals surface area (Å²) in [6, 6.07) is 13.3. The first kappa shape index (κ1) is 15.5. The predicted molar refractivity (Wildman–Crippen MR) is 83.9 cm³/mol. The van der Waals surface area contributed by atoms with E-state index in [0.717, 1.165) is 17.9 Å². The standard InChI is InChI=1S/C18H22FNO/c1-13(2)20-11-15-6-9-18(19)16(10-15)12-21-17-7-4-14(3)5-8-17/h4-10,13,20H,11-12H2,1-3H3. The molecule has 3 heteroatoms. The van der Waals surface area contributed by atoms with Gasteiger partial charge in [0, 0.05) is 18.2 Å². The molecule has 0 aliphatic heterocycles. The summed E-state index contributed by atoms with van der Waals surface area (Å²) in [4.78, 5) is 0. The first-order valence-corrected chi connectivity index (χ1v) is 7.25. The quantitative estimate of drug-likeness (QED) is 0.859. The van der Waals surface area contributed by atoms with Crippen molar-refractivity contribution in [2.45, 2.75) is 40.0 Å². The molecule has 0 unspecified atom stereocenters. The number of rotatable bonds is 6. The second-order valence-electron chi connectivity index (χ2n) is 5.56.